The third-order valence-electron chi connectivity index (χ3n) is 5.40. The zero-order valence-electron chi connectivity index (χ0n) is 16.9. The lowest BCUT2D eigenvalue weighted by Crippen LogP contribution is -2.36. The lowest BCUT2D eigenvalue weighted by atomic mass is 10.1. The van der Waals surface area contributed by atoms with Gasteiger partial charge >= 0.3 is 0 Å². The second-order valence-corrected chi connectivity index (χ2v) is 9.72. The second-order valence-electron chi connectivity index (χ2n) is 7.70. The quantitative estimate of drug-likeness (QED) is 0.493. The van der Waals surface area contributed by atoms with Gasteiger partial charge in [-0.3, -0.25) is 9.78 Å². The van der Waals surface area contributed by atoms with Crippen LogP contribution >= 0.6 is 0 Å². The Bertz CT molecular complexity index is 1450. The van der Waals surface area contributed by atoms with E-state index in [0.717, 1.165) is 6.26 Å². The van der Waals surface area contributed by atoms with Crippen LogP contribution in [-0.4, -0.2) is 45.3 Å². The summed E-state index contributed by atoms with van der Waals surface area (Å²) >= 11 is 0. The molecule has 0 saturated heterocycles. The molecule has 3 heterocycles. The van der Waals surface area contributed by atoms with E-state index < -0.39 is 15.4 Å². The molecule has 162 valence electrons. The summed E-state index contributed by atoms with van der Waals surface area (Å²) < 4.78 is 38.1. The molecule has 4 aromatic rings. The van der Waals surface area contributed by atoms with Gasteiger partial charge in [-0.2, -0.15) is 5.10 Å². The van der Waals surface area contributed by atoms with Crippen LogP contribution in [0.1, 0.15) is 29.0 Å². The molecule has 0 spiro atoms. The first-order chi connectivity index (χ1) is 15.3. The largest absolute Gasteiger partial charge is 0.339 e. The number of pyridine rings is 1. The number of nitrogens with one attached hydrogen (secondary N) is 1. The van der Waals surface area contributed by atoms with Crippen LogP contribution in [0.5, 0.6) is 0 Å². The van der Waals surface area contributed by atoms with E-state index in [0.29, 0.717) is 40.8 Å². The van der Waals surface area contributed by atoms with Gasteiger partial charge < -0.3 is 5.32 Å². The maximum absolute atomic E-state index is 13.3. The van der Waals surface area contributed by atoms with Crippen molar-refractivity contribution >= 4 is 26.6 Å². The predicted molar refractivity (Wildman–Crippen MR) is 112 cm³/mol. The molecule has 1 aliphatic carbocycles. The molecule has 1 amide bonds. The number of halogens is 1. The fourth-order valence-electron chi connectivity index (χ4n) is 3.48. The van der Waals surface area contributed by atoms with E-state index in [1.165, 1.54) is 30.7 Å². The molecular formula is C21H17FN6O3S. The van der Waals surface area contributed by atoms with Crippen molar-refractivity contribution in [1.29, 1.82) is 0 Å². The van der Waals surface area contributed by atoms with Crippen LogP contribution in [0.15, 0.2) is 60.1 Å². The Hall–Kier alpha value is -3.73. The Morgan fingerprint density at radius 3 is 2.38 bits per heavy atom. The minimum Gasteiger partial charge on any atom is -0.339 e. The number of hydrogen-bond acceptors (Lipinski definition) is 7. The van der Waals surface area contributed by atoms with E-state index in [2.05, 4.69) is 25.4 Å². The molecule has 5 rings (SSSR count). The Kier molecular flexibility index (Phi) is 4.52. The summed E-state index contributed by atoms with van der Waals surface area (Å²) in [6.07, 6.45) is 9.45. The van der Waals surface area contributed by atoms with E-state index in [9.17, 15) is 17.6 Å². The van der Waals surface area contributed by atoms with Gasteiger partial charge in [0.2, 0.25) is 0 Å². The minimum atomic E-state index is -3.41. The summed E-state index contributed by atoms with van der Waals surface area (Å²) in [6, 6.07) is 5.84. The van der Waals surface area contributed by atoms with Crippen LogP contribution in [0.25, 0.3) is 16.6 Å². The maximum atomic E-state index is 13.3. The molecule has 0 bridgehead atoms. The Morgan fingerprint density at radius 2 is 1.75 bits per heavy atom. The number of carbonyl (C=O) groups is 1. The highest BCUT2D eigenvalue weighted by atomic mass is 32.2. The third-order valence-corrected chi connectivity index (χ3v) is 6.47. The Labute approximate surface area is 182 Å². The Morgan fingerprint density at radius 1 is 1.06 bits per heavy atom. The third kappa shape index (κ3) is 3.50. The van der Waals surface area contributed by atoms with Crippen LogP contribution in [-0.2, 0) is 15.4 Å². The van der Waals surface area contributed by atoms with Crippen molar-refractivity contribution in [2.45, 2.75) is 23.3 Å². The number of rotatable bonds is 5. The number of fused-ring (bicyclic) bond motifs is 1. The molecule has 32 heavy (non-hydrogen) atoms. The smallest absolute Gasteiger partial charge is 0.254 e. The van der Waals surface area contributed by atoms with Crippen molar-refractivity contribution in [2.24, 2.45) is 0 Å². The fraction of sp³-hybridized carbons (Fsp3) is 0.190. The first kappa shape index (κ1) is 20.2. The number of amides is 1. The van der Waals surface area contributed by atoms with E-state index in [1.807, 2.05) is 0 Å². The number of carbonyl (C=O) groups excluding carboxylic acids is 1. The first-order valence-corrected chi connectivity index (χ1v) is 11.6. The Balaban J connectivity index is 1.45. The molecule has 0 unspecified atom stereocenters. The normalized spacial score (nSPS) is 14.9. The van der Waals surface area contributed by atoms with E-state index >= 15 is 0 Å². The zero-order chi connectivity index (χ0) is 22.5. The van der Waals surface area contributed by atoms with Gasteiger partial charge in [-0.15, -0.1) is 0 Å². The average molecular weight is 452 g/mol. The lowest BCUT2D eigenvalue weighted by Gasteiger charge is -2.16. The molecule has 11 heteroatoms. The number of sulfone groups is 1. The van der Waals surface area contributed by atoms with Gasteiger partial charge in [0.15, 0.2) is 15.7 Å². The van der Waals surface area contributed by atoms with Crippen molar-refractivity contribution in [2.75, 3.05) is 6.26 Å². The summed E-state index contributed by atoms with van der Waals surface area (Å²) in [5.41, 5.74) is 0.818. The number of hydrogen-bond donors (Lipinski definition) is 1. The van der Waals surface area contributed by atoms with Crippen molar-refractivity contribution < 1.29 is 17.6 Å². The molecule has 1 aromatic carbocycles. The minimum absolute atomic E-state index is 0.0190. The standard InChI is InChI=1S/C21H17FN6O3S/c1-32(30,31)15-8-24-20(25-9-15)21(6-7-21)27-19(29)17-10-23-12-18-16(17)11-26-28(18)14-4-2-13(22)3-5-14/h2-5,8-12H,6-7H2,1H3,(H,27,29). The van der Waals surface area contributed by atoms with Crippen molar-refractivity contribution in [1.82, 2.24) is 30.0 Å². The van der Waals surface area contributed by atoms with Crippen molar-refractivity contribution in [3.63, 3.8) is 0 Å². The van der Waals surface area contributed by atoms with Crippen LogP contribution in [0, 0.1) is 5.82 Å². The molecule has 0 atom stereocenters. The molecular weight excluding hydrogens is 435 g/mol. The summed E-state index contributed by atoms with van der Waals surface area (Å²) in [7, 11) is -3.41. The van der Waals surface area contributed by atoms with Gasteiger partial charge in [-0.05, 0) is 37.1 Å². The van der Waals surface area contributed by atoms with Gasteiger partial charge in [-0.1, -0.05) is 0 Å². The molecule has 1 saturated carbocycles. The maximum Gasteiger partial charge on any atom is 0.254 e. The van der Waals surface area contributed by atoms with Crippen LogP contribution in [0.4, 0.5) is 4.39 Å². The second kappa shape index (κ2) is 7.16. The van der Waals surface area contributed by atoms with E-state index in [4.69, 9.17) is 0 Å². The topological polar surface area (TPSA) is 120 Å². The van der Waals surface area contributed by atoms with Gasteiger partial charge in [0.25, 0.3) is 5.91 Å². The average Bonchev–Trinajstić information content (AvgIpc) is 3.42. The molecule has 0 aliphatic heterocycles. The summed E-state index contributed by atoms with van der Waals surface area (Å²) in [5, 5.41) is 7.89. The zero-order valence-corrected chi connectivity index (χ0v) is 17.7. The summed E-state index contributed by atoms with van der Waals surface area (Å²) in [6.45, 7) is 0. The fourth-order valence-corrected chi connectivity index (χ4v) is 3.97. The molecule has 0 radical (unpaired) electrons. The van der Waals surface area contributed by atoms with E-state index in [1.54, 1.807) is 29.2 Å². The van der Waals surface area contributed by atoms with Crippen LogP contribution < -0.4 is 5.32 Å². The monoisotopic (exact) mass is 452 g/mol. The summed E-state index contributed by atoms with van der Waals surface area (Å²) in [4.78, 5) is 25.7. The van der Waals surface area contributed by atoms with Crippen molar-refractivity contribution in [3.8, 4) is 5.69 Å². The molecule has 1 aliphatic rings. The highest BCUT2D eigenvalue weighted by molar-refractivity contribution is 7.90. The van der Waals surface area contributed by atoms with Gasteiger partial charge in [0.05, 0.1) is 29.2 Å². The first-order valence-electron chi connectivity index (χ1n) is 9.70. The number of nitrogens with zero attached hydrogens (tertiary/aromatic N) is 5. The van der Waals surface area contributed by atoms with Crippen molar-refractivity contribution in [3.05, 3.63) is 72.5 Å². The number of aromatic nitrogens is 5. The molecule has 9 nitrogen and oxygen atoms in total. The predicted octanol–water partition coefficient (Wildman–Crippen LogP) is 2.17. The molecule has 1 fully saturated rings. The van der Waals surface area contributed by atoms with Gasteiger partial charge in [-0.25, -0.2) is 27.5 Å². The van der Waals surface area contributed by atoms with Crippen LogP contribution in [0.2, 0.25) is 0 Å². The highest BCUT2D eigenvalue weighted by Crippen LogP contribution is 2.44. The van der Waals surface area contributed by atoms with Gasteiger partial charge in [0.1, 0.15) is 16.3 Å². The number of benzene rings is 1. The summed E-state index contributed by atoms with van der Waals surface area (Å²) in [5.74, 6) is -0.361. The lowest BCUT2D eigenvalue weighted by molar-refractivity contribution is 0.0930. The van der Waals surface area contributed by atoms with E-state index in [-0.39, 0.29) is 16.6 Å². The van der Waals surface area contributed by atoms with Gasteiger partial charge in [0, 0.05) is 30.2 Å². The molecule has 3 aromatic heterocycles. The molecule has 1 N–H and O–H groups in total. The van der Waals surface area contributed by atoms with Crippen LogP contribution in [0.3, 0.4) is 0 Å². The SMILES string of the molecule is CS(=O)(=O)c1cnc(C2(NC(=O)c3cncc4c3cnn4-c3ccc(F)cc3)CC2)nc1. The highest BCUT2D eigenvalue weighted by Gasteiger charge is 2.48.